The van der Waals surface area contributed by atoms with Crippen molar-refractivity contribution in [3.8, 4) is 0 Å². The highest BCUT2D eigenvalue weighted by atomic mass is 16.5. The molecule has 6 rings (SSSR count). The first-order valence-corrected chi connectivity index (χ1v) is 11.5. The van der Waals surface area contributed by atoms with Gasteiger partial charge in [-0.1, -0.05) is 19.1 Å². The van der Waals surface area contributed by atoms with E-state index in [9.17, 15) is 14.4 Å². The summed E-state index contributed by atoms with van der Waals surface area (Å²) in [6.07, 6.45) is 7.90. The molecule has 4 aliphatic carbocycles. The molecule has 1 aliphatic heterocycles. The zero-order chi connectivity index (χ0) is 20.9. The fraction of sp³-hybridized carbons (Fsp3) is 0.640. The predicted molar refractivity (Wildman–Crippen MR) is 113 cm³/mol. The van der Waals surface area contributed by atoms with E-state index in [2.05, 4.69) is 6.92 Å². The Balaban J connectivity index is 1.18. The maximum Gasteiger partial charge on any atom is 0.311 e. The quantitative estimate of drug-likeness (QED) is 0.668. The number of carbonyl (C=O) groups excluding carboxylic acids is 3. The molecule has 0 radical (unpaired) electrons. The van der Waals surface area contributed by atoms with Crippen molar-refractivity contribution < 1.29 is 19.1 Å². The maximum absolute atomic E-state index is 13.1. The van der Waals surface area contributed by atoms with Crippen molar-refractivity contribution in [1.29, 1.82) is 0 Å². The third-order valence-corrected chi connectivity index (χ3v) is 8.09. The van der Waals surface area contributed by atoms with Crippen LogP contribution in [0.25, 0.3) is 0 Å². The van der Waals surface area contributed by atoms with E-state index in [1.165, 1.54) is 24.8 Å². The Morgan fingerprint density at radius 1 is 1.03 bits per heavy atom. The van der Waals surface area contributed by atoms with Gasteiger partial charge in [-0.2, -0.15) is 0 Å². The number of carbonyl (C=O) groups is 3. The van der Waals surface area contributed by atoms with E-state index in [1.807, 2.05) is 24.3 Å². The Morgan fingerprint density at radius 3 is 2.20 bits per heavy atom. The molecule has 1 unspecified atom stereocenters. The van der Waals surface area contributed by atoms with Crippen LogP contribution in [0.5, 0.6) is 0 Å². The number of benzene rings is 1. The van der Waals surface area contributed by atoms with Crippen LogP contribution >= 0.6 is 0 Å². The summed E-state index contributed by atoms with van der Waals surface area (Å²) in [7, 11) is 0. The smallest absolute Gasteiger partial charge is 0.311 e. The van der Waals surface area contributed by atoms with E-state index in [0.717, 1.165) is 31.4 Å². The van der Waals surface area contributed by atoms with Gasteiger partial charge >= 0.3 is 5.97 Å². The second kappa shape index (κ2) is 7.51. The SMILES string of the molecule is CCc1ccc(N2CC(C(=O)OCC(=O)C34CC5CC(CC(C5)C3)C4)CC2=O)cc1. The molecule has 0 spiro atoms. The summed E-state index contributed by atoms with van der Waals surface area (Å²) in [6.45, 7) is 2.29. The summed E-state index contributed by atoms with van der Waals surface area (Å²) in [6, 6.07) is 7.89. The third kappa shape index (κ3) is 3.46. The predicted octanol–water partition coefficient (Wildman–Crippen LogP) is 3.93. The molecule has 1 aromatic carbocycles. The van der Waals surface area contributed by atoms with Gasteiger partial charge in [0, 0.05) is 24.1 Å². The standard InChI is InChI=1S/C25H31NO4/c1-2-16-3-5-21(6-4-16)26-14-20(10-23(26)28)24(29)30-15-22(27)25-11-17-7-18(12-25)9-19(8-17)13-25/h3-6,17-20H,2,7-15H2,1H3. The van der Waals surface area contributed by atoms with E-state index in [4.69, 9.17) is 4.74 Å². The van der Waals surface area contributed by atoms with Crippen LogP contribution in [-0.4, -0.2) is 30.8 Å². The molecule has 4 bridgehead atoms. The second-order valence-corrected chi connectivity index (χ2v) is 10.2. The molecule has 160 valence electrons. The normalized spacial score (nSPS) is 34.4. The average Bonchev–Trinajstić information content (AvgIpc) is 3.12. The summed E-state index contributed by atoms with van der Waals surface area (Å²) < 4.78 is 5.48. The van der Waals surface area contributed by atoms with E-state index < -0.39 is 11.9 Å². The summed E-state index contributed by atoms with van der Waals surface area (Å²) >= 11 is 0. The minimum Gasteiger partial charge on any atom is -0.457 e. The van der Waals surface area contributed by atoms with Gasteiger partial charge in [0.2, 0.25) is 5.91 Å². The second-order valence-electron chi connectivity index (χ2n) is 10.2. The fourth-order valence-corrected chi connectivity index (χ4v) is 6.89. The lowest BCUT2D eigenvalue weighted by molar-refractivity contribution is -0.160. The number of Topliss-reactive ketones (excluding diaryl/α,β-unsaturated/α-hetero) is 1. The molecule has 0 N–H and O–H groups in total. The highest BCUT2D eigenvalue weighted by molar-refractivity contribution is 5.99. The van der Waals surface area contributed by atoms with Crippen molar-refractivity contribution >= 4 is 23.3 Å². The van der Waals surface area contributed by atoms with E-state index in [-0.39, 0.29) is 30.1 Å². The number of esters is 1. The molecular formula is C25H31NO4. The lowest BCUT2D eigenvalue weighted by Crippen LogP contribution is -2.51. The summed E-state index contributed by atoms with van der Waals surface area (Å²) in [5, 5.41) is 0. The van der Waals surface area contributed by atoms with Crippen LogP contribution < -0.4 is 4.90 Å². The molecule has 1 atom stereocenters. The van der Waals surface area contributed by atoms with E-state index in [1.54, 1.807) is 4.90 Å². The van der Waals surface area contributed by atoms with Crippen LogP contribution in [0.15, 0.2) is 24.3 Å². The number of aryl methyl sites for hydroxylation is 1. The fourth-order valence-electron chi connectivity index (χ4n) is 6.89. The number of hydrogen-bond acceptors (Lipinski definition) is 4. The Hall–Kier alpha value is -2.17. The van der Waals surface area contributed by atoms with Gasteiger partial charge in [0.15, 0.2) is 12.4 Å². The van der Waals surface area contributed by atoms with Gasteiger partial charge in [0.1, 0.15) is 0 Å². The van der Waals surface area contributed by atoms with Crippen LogP contribution in [0.2, 0.25) is 0 Å². The average molecular weight is 410 g/mol. The molecule has 4 saturated carbocycles. The van der Waals surface area contributed by atoms with Gasteiger partial charge in [0.05, 0.1) is 5.92 Å². The van der Waals surface area contributed by atoms with Crippen molar-refractivity contribution in [2.45, 2.75) is 58.3 Å². The molecular weight excluding hydrogens is 378 g/mol. The van der Waals surface area contributed by atoms with Crippen LogP contribution in [-0.2, 0) is 25.5 Å². The minimum absolute atomic E-state index is 0.0615. The Labute approximate surface area is 178 Å². The van der Waals surface area contributed by atoms with Gasteiger partial charge in [-0.25, -0.2) is 0 Å². The molecule has 1 aromatic rings. The van der Waals surface area contributed by atoms with Crippen LogP contribution in [0.1, 0.15) is 57.4 Å². The van der Waals surface area contributed by atoms with Crippen molar-refractivity contribution in [2.24, 2.45) is 29.1 Å². The molecule has 5 fully saturated rings. The maximum atomic E-state index is 13.1. The minimum atomic E-state index is -0.493. The topological polar surface area (TPSA) is 63.7 Å². The van der Waals surface area contributed by atoms with Crippen molar-refractivity contribution in [3.05, 3.63) is 29.8 Å². The first-order chi connectivity index (χ1) is 14.5. The Bertz CT molecular complexity index is 823. The zero-order valence-electron chi connectivity index (χ0n) is 17.8. The van der Waals surface area contributed by atoms with Crippen LogP contribution in [0.4, 0.5) is 5.69 Å². The summed E-state index contributed by atoms with van der Waals surface area (Å²) in [4.78, 5) is 39.8. The molecule has 1 heterocycles. The molecule has 0 aromatic heterocycles. The Morgan fingerprint density at radius 2 is 1.63 bits per heavy atom. The zero-order valence-corrected chi connectivity index (χ0v) is 17.8. The van der Waals surface area contributed by atoms with Gasteiger partial charge in [0.25, 0.3) is 0 Å². The third-order valence-electron chi connectivity index (χ3n) is 8.09. The lowest BCUT2D eigenvalue weighted by Gasteiger charge is -2.55. The van der Waals surface area contributed by atoms with Gasteiger partial charge < -0.3 is 9.64 Å². The number of ether oxygens (including phenoxy) is 1. The first-order valence-electron chi connectivity index (χ1n) is 11.5. The van der Waals surface area contributed by atoms with Crippen molar-refractivity contribution in [1.82, 2.24) is 0 Å². The van der Waals surface area contributed by atoms with Crippen molar-refractivity contribution in [3.63, 3.8) is 0 Å². The number of rotatable bonds is 6. The first kappa shape index (κ1) is 19.8. The molecule has 5 aliphatic rings. The summed E-state index contributed by atoms with van der Waals surface area (Å²) in [5.74, 6) is 1.23. The van der Waals surface area contributed by atoms with E-state index >= 15 is 0 Å². The van der Waals surface area contributed by atoms with Gasteiger partial charge in [-0.15, -0.1) is 0 Å². The molecule has 5 nitrogen and oxygen atoms in total. The number of anilines is 1. The van der Waals surface area contributed by atoms with Crippen LogP contribution in [0, 0.1) is 29.1 Å². The highest BCUT2D eigenvalue weighted by Crippen LogP contribution is 2.60. The molecule has 1 saturated heterocycles. The number of nitrogens with zero attached hydrogens (tertiary/aromatic N) is 1. The largest absolute Gasteiger partial charge is 0.457 e. The summed E-state index contributed by atoms with van der Waals surface area (Å²) in [5.41, 5.74) is 1.79. The molecule has 1 amide bonds. The Kier molecular flexibility index (Phi) is 4.95. The number of amides is 1. The highest BCUT2D eigenvalue weighted by Gasteiger charge is 2.54. The monoisotopic (exact) mass is 409 g/mol. The van der Waals surface area contributed by atoms with Crippen molar-refractivity contribution in [2.75, 3.05) is 18.1 Å². The number of hydrogen-bond donors (Lipinski definition) is 0. The molecule has 5 heteroatoms. The van der Waals surface area contributed by atoms with E-state index in [0.29, 0.717) is 24.3 Å². The molecule has 30 heavy (non-hydrogen) atoms. The van der Waals surface area contributed by atoms with Gasteiger partial charge in [-0.05, 0) is 80.4 Å². The van der Waals surface area contributed by atoms with Gasteiger partial charge in [-0.3, -0.25) is 14.4 Å². The number of ketones is 1. The lowest BCUT2D eigenvalue weighted by atomic mass is 9.48. The van der Waals surface area contributed by atoms with Crippen LogP contribution in [0.3, 0.4) is 0 Å².